The number of hydrogen-bond donors (Lipinski definition) is 2. The van der Waals surface area contributed by atoms with E-state index in [1.54, 1.807) is 6.08 Å². The molecule has 0 unspecified atom stereocenters. The number of carbonyl (C=O) groups is 1. The molecule has 2 N–H and O–H groups in total. The molecule has 0 aromatic rings. The zero-order chi connectivity index (χ0) is 9.80. The fourth-order valence-electron chi connectivity index (χ4n) is 1.92. The van der Waals surface area contributed by atoms with Crippen molar-refractivity contribution in [1.29, 1.82) is 0 Å². The highest BCUT2D eigenvalue weighted by molar-refractivity contribution is 5.88. The number of amides is 1. The number of rotatable bonds is 2. The molecule has 1 aliphatic heterocycles. The van der Waals surface area contributed by atoms with Crippen molar-refractivity contribution in [2.24, 2.45) is 0 Å². The molecule has 15 heavy (non-hydrogen) atoms. The summed E-state index contributed by atoms with van der Waals surface area (Å²) in [5.74, 6) is 0.117. The summed E-state index contributed by atoms with van der Waals surface area (Å²) in [6, 6.07) is 0.390. The summed E-state index contributed by atoms with van der Waals surface area (Å²) >= 11 is 0. The third-order valence-corrected chi connectivity index (χ3v) is 3.02. The lowest BCUT2D eigenvalue weighted by molar-refractivity contribution is -0.117. The third kappa shape index (κ3) is 3.84. The molecule has 1 saturated carbocycles. The zero-order valence-corrected chi connectivity index (χ0v) is 9.74. The summed E-state index contributed by atoms with van der Waals surface area (Å²) in [5.41, 5.74) is 1.32. The molecular formula is C11H19ClN2O. The van der Waals surface area contributed by atoms with Gasteiger partial charge in [0.1, 0.15) is 0 Å². The minimum atomic E-state index is 0. The molecule has 0 atom stereocenters. The van der Waals surface area contributed by atoms with Crippen molar-refractivity contribution in [2.75, 3.05) is 13.1 Å². The molecule has 2 rings (SSSR count). The smallest absolute Gasteiger partial charge is 0.244 e. The highest BCUT2D eigenvalue weighted by atomic mass is 35.5. The summed E-state index contributed by atoms with van der Waals surface area (Å²) < 4.78 is 0. The van der Waals surface area contributed by atoms with Crippen molar-refractivity contribution in [3.63, 3.8) is 0 Å². The van der Waals surface area contributed by atoms with E-state index in [1.807, 2.05) is 0 Å². The van der Waals surface area contributed by atoms with E-state index in [4.69, 9.17) is 0 Å². The second kappa shape index (κ2) is 6.13. The van der Waals surface area contributed by atoms with Crippen LogP contribution in [0.5, 0.6) is 0 Å². The third-order valence-electron chi connectivity index (χ3n) is 3.02. The molecule has 1 saturated heterocycles. The summed E-state index contributed by atoms with van der Waals surface area (Å²) in [6.45, 7) is 2.06. The topological polar surface area (TPSA) is 41.1 Å². The second-order valence-electron chi connectivity index (χ2n) is 4.19. The Kier molecular flexibility index (Phi) is 5.12. The number of piperidine rings is 1. The van der Waals surface area contributed by atoms with Crippen LogP contribution in [0.15, 0.2) is 11.6 Å². The monoisotopic (exact) mass is 230 g/mol. The van der Waals surface area contributed by atoms with Crippen molar-refractivity contribution < 1.29 is 4.79 Å². The van der Waals surface area contributed by atoms with Crippen LogP contribution in [0.4, 0.5) is 0 Å². The first-order valence-corrected chi connectivity index (χ1v) is 5.55. The Morgan fingerprint density at radius 1 is 1.33 bits per heavy atom. The molecule has 3 nitrogen and oxygen atoms in total. The summed E-state index contributed by atoms with van der Waals surface area (Å²) in [4.78, 5) is 11.5. The van der Waals surface area contributed by atoms with E-state index < -0.39 is 0 Å². The fourth-order valence-corrected chi connectivity index (χ4v) is 1.92. The Balaban J connectivity index is 0.00000112. The molecule has 1 heterocycles. The maximum Gasteiger partial charge on any atom is 0.244 e. The van der Waals surface area contributed by atoms with Gasteiger partial charge in [0, 0.05) is 12.1 Å². The van der Waals surface area contributed by atoms with Crippen LogP contribution in [-0.4, -0.2) is 25.0 Å². The van der Waals surface area contributed by atoms with E-state index in [0.29, 0.717) is 6.04 Å². The molecule has 0 aromatic heterocycles. The summed E-state index contributed by atoms with van der Waals surface area (Å²) in [5, 5.41) is 6.35. The Labute approximate surface area is 97.1 Å². The SMILES string of the molecule is Cl.O=C(C=C1CCC1)NC1CCNCC1. The van der Waals surface area contributed by atoms with E-state index in [-0.39, 0.29) is 18.3 Å². The molecule has 86 valence electrons. The molecule has 2 aliphatic rings. The number of halogens is 1. The highest BCUT2D eigenvalue weighted by Crippen LogP contribution is 2.24. The second-order valence-corrected chi connectivity index (χ2v) is 4.19. The Bertz CT molecular complexity index is 241. The van der Waals surface area contributed by atoms with Crippen LogP contribution in [0.3, 0.4) is 0 Å². The fraction of sp³-hybridized carbons (Fsp3) is 0.727. The minimum Gasteiger partial charge on any atom is -0.350 e. The Morgan fingerprint density at radius 3 is 2.53 bits per heavy atom. The number of carbonyl (C=O) groups excluding carboxylic acids is 1. The van der Waals surface area contributed by atoms with Crippen LogP contribution in [0.25, 0.3) is 0 Å². The molecule has 0 radical (unpaired) electrons. The van der Waals surface area contributed by atoms with Gasteiger partial charge in [-0.2, -0.15) is 0 Å². The normalized spacial score (nSPS) is 21.2. The van der Waals surface area contributed by atoms with Gasteiger partial charge in [-0.1, -0.05) is 5.57 Å². The molecule has 0 spiro atoms. The van der Waals surface area contributed by atoms with Crippen molar-refractivity contribution in [2.45, 2.75) is 38.1 Å². The number of hydrogen-bond acceptors (Lipinski definition) is 2. The van der Waals surface area contributed by atoms with E-state index in [9.17, 15) is 4.79 Å². The molecule has 1 amide bonds. The predicted octanol–water partition coefficient (Wildman–Crippen LogP) is 1.39. The van der Waals surface area contributed by atoms with Crippen LogP contribution in [0.2, 0.25) is 0 Å². The van der Waals surface area contributed by atoms with Gasteiger partial charge in [0.25, 0.3) is 0 Å². The molecule has 2 fully saturated rings. The van der Waals surface area contributed by atoms with Crippen molar-refractivity contribution >= 4 is 18.3 Å². The molecule has 0 bridgehead atoms. The van der Waals surface area contributed by atoms with Gasteiger partial charge in [-0.3, -0.25) is 4.79 Å². The van der Waals surface area contributed by atoms with Crippen molar-refractivity contribution in [1.82, 2.24) is 10.6 Å². The van der Waals surface area contributed by atoms with Crippen LogP contribution >= 0.6 is 12.4 Å². The summed E-state index contributed by atoms with van der Waals surface area (Å²) in [6.07, 6.45) is 7.43. The lowest BCUT2D eigenvalue weighted by Gasteiger charge is -2.23. The molecule has 0 aromatic carbocycles. The van der Waals surface area contributed by atoms with E-state index >= 15 is 0 Å². The Morgan fingerprint density at radius 2 is 2.00 bits per heavy atom. The zero-order valence-electron chi connectivity index (χ0n) is 8.92. The standard InChI is InChI=1S/C11H18N2O.ClH/c14-11(8-9-2-1-3-9)13-10-4-6-12-7-5-10;/h8,10,12H,1-7H2,(H,13,14);1H. The maximum atomic E-state index is 11.5. The lowest BCUT2D eigenvalue weighted by Crippen LogP contribution is -2.42. The van der Waals surface area contributed by atoms with Crippen LogP contribution in [0, 0.1) is 0 Å². The van der Waals surface area contributed by atoms with Crippen LogP contribution in [-0.2, 0) is 4.79 Å². The maximum absolute atomic E-state index is 11.5. The van der Waals surface area contributed by atoms with Gasteiger partial charge in [0.2, 0.25) is 5.91 Å². The van der Waals surface area contributed by atoms with E-state index in [1.165, 1.54) is 12.0 Å². The first-order valence-electron chi connectivity index (χ1n) is 5.55. The first kappa shape index (κ1) is 12.5. The quantitative estimate of drug-likeness (QED) is 0.704. The highest BCUT2D eigenvalue weighted by Gasteiger charge is 2.15. The minimum absolute atomic E-state index is 0. The van der Waals surface area contributed by atoms with Gasteiger partial charge < -0.3 is 10.6 Å². The summed E-state index contributed by atoms with van der Waals surface area (Å²) in [7, 11) is 0. The van der Waals surface area contributed by atoms with Gasteiger partial charge >= 0.3 is 0 Å². The van der Waals surface area contributed by atoms with Crippen molar-refractivity contribution in [3.8, 4) is 0 Å². The van der Waals surface area contributed by atoms with Gasteiger partial charge in [-0.05, 0) is 45.2 Å². The first-order chi connectivity index (χ1) is 6.84. The van der Waals surface area contributed by atoms with Gasteiger partial charge in [0.15, 0.2) is 0 Å². The Hall–Kier alpha value is -0.540. The van der Waals surface area contributed by atoms with Crippen molar-refractivity contribution in [3.05, 3.63) is 11.6 Å². The lowest BCUT2D eigenvalue weighted by atomic mass is 9.92. The largest absolute Gasteiger partial charge is 0.350 e. The van der Waals surface area contributed by atoms with Gasteiger partial charge in [0.05, 0.1) is 0 Å². The molecule has 1 aliphatic carbocycles. The van der Waals surface area contributed by atoms with Crippen LogP contribution < -0.4 is 10.6 Å². The van der Waals surface area contributed by atoms with Crippen LogP contribution in [0.1, 0.15) is 32.1 Å². The molecule has 4 heteroatoms. The van der Waals surface area contributed by atoms with Gasteiger partial charge in [-0.15, -0.1) is 12.4 Å². The number of nitrogens with one attached hydrogen (secondary N) is 2. The van der Waals surface area contributed by atoms with E-state index in [2.05, 4.69) is 10.6 Å². The predicted molar refractivity (Wildman–Crippen MR) is 63.2 cm³/mol. The van der Waals surface area contributed by atoms with Gasteiger partial charge in [-0.25, -0.2) is 0 Å². The number of allylic oxidation sites excluding steroid dienone is 1. The average Bonchev–Trinajstić information content (AvgIpc) is 2.13. The van der Waals surface area contributed by atoms with E-state index in [0.717, 1.165) is 38.8 Å². The average molecular weight is 231 g/mol. The molecular weight excluding hydrogens is 212 g/mol.